The first-order valence-corrected chi connectivity index (χ1v) is 5.97. The zero-order chi connectivity index (χ0) is 12.3. The average Bonchev–Trinajstić information content (AvgIpc) is 2.38. The molecule has 5 heteroatoms. The minimum Gasteiger partial charge on any atom is -0.347 e. The van der Waals surface area contributed by atoms with Gasteiger partial charge < -0.3 is 10.6 Å². The Hall–Kier alpha value is -1.67. The first-order valence-electron chi connectivity index (χ1n) is 5.97. The Morgan fingerprint density at radius 2 is 2.24 bits per heavy atom. The normalized spacial score (nSPS) is 24.4. The lowest BCUT2D eigenvalue weighted by Gasteiger charge is -2.41. The van der Waals surface area contributed by atoms with E-state index >= 15 is 0 Å². The maximum absolute atomic E-state index is 9.08. The molecule has 0 aliphatic carbocycles. The summed E-state index contributed by atoms with van der Waals surface area (Å²) in [5.41, 5.74) is 6.20. The summed E-state index contributed by atoms with van der Waals surface area (Å²) in [5.74, 6) is 0.678. The van der Waals surface area contributed by atoms with Crippen LogP contribution in [-0.2, 0) is 0 Å². The van der Waals surface area contributed by atoms with Crippen LogP contribution in [0.4, 0.5) is 5.82 Å². The largest absolute Gasteiger partial charge is 0.347 e. The standard InChI is InChI=1S/C12H17N5/c1-9-3-2-4-10(7-13)17(9)12-11(8-14)15-5-6-16-12/h5-6,9-10H,2-4,7,13H2,1H3. The third-order valence-corrected chi connectivity index (χ3v) is 3.33. The number of hydrogen-bond acceptors (Lipinski definition) is 5. The molecule has 0 bridgehead atoms. The summed E-state index contributed by atoms with van der Waals surface area (Å²) >= 11 is 0. The van der Waals surface area contributed by atoms with E-state index in [1.807, 2.05) is 0 Å². The number of nitriles is 1. The summed E-state index contributed by atoms with van der Waals surface area (Å²) < 4.78 is 0. The molecule has 0 amide bonds. The van der Waals surface area contributed by atoms with Gasteiger partial charge in [-0.25, -0.2) is 9.97 Å². The van der Waals surface area contributed by atoms with Crippen molar-refractivity contribution in [1.29, 1.82) is 5.26 Å². The van der Waals surface area contributed by atoms with Gasteiger partial charge in [0.2, 0.25) is 0 Å². The number of anilines is 1. The molecule has 0 aromatic carbocycles. The Morgan fingerprint density at radius 3 is 2.94 bits per heavy atom. The number of hydrogen-bond donors (Lipinski definition) is 1. The summed E-state index contributed by atoms with van der Waals surface area (Å²) in [5, 5.41) is 9.08. The fourth-order valence-electron chi connectivity index (χ4n) is 2.50. The highest BCUT2D eigenvalue weighted by atomic mass is 15.3. The third kappa shape index (κ3) is 2.22. The Labute approximate surface area is 101 Å². The SMILES string of the molecule is CC1CCCC(CN)N1c1nccnc1C#N. The molecular weight excluding hydrogens is 214 g/mol. The summed E-state index contributed by atoms with van der Waals surface area (Å²) in [6.45, 7) is 2.74. The van der Waals surface area contributed by atoms with E-state index in [1.54, 1.807) is 12.4 Å². The van der Waals surface area contributed by atoms with Gasteiger partial charge in [-0.2, -0.15) is 5.26 Å². The van der Waals surface area contributed by atoms with Crippen LogP contribution >= 0.6 is 0 Å². The molecule has 17 heavy (non-hydrogen) atoms. The van der Waals surface area contributed by atoms with Crippen molar-refractivity contribution in [3.05, 3.63) is 18.1 Å². The number of nitrogens with two attached hydrogens (primary N) is 1. The number of piperidine rings is 1. The second-order valence-corrected chi connectivity index (χ2v) is 4.42. The minimum atomic E-state index is 0.266. The van der Waals surface area contributed by atoms with Gasteiger partial charge in [0.15, 0.2) is 11.5 Å². The van der Waals surface area contributed by atoms with Gasteiger partial charge in [-0.05, 0) is 26.2 Å². The van der Waals surface area contributed by atoms with Crippen LogP contribution in [-0.4, -0.2) is 28.6 Å². The van der Waals surface area contributed by atoms with Gasteiger partial charge in [0.05, 0.1) is 0 Å². The van der Waals surface area contributed by atoms with Crippen molar-refractivity contribution in [3.63, 3.8) is 0 Å². The van der Waals surface area contributed by atoms with Crippen LogP contribution in [0.2, 0.25) is 0 Å². The minimum absolute atomic E-state index is 0.266. The van der Waals surface area contributed by atoms with Crippen molar-refractivity contribution < 1.29 is 0 Å². The predicted molar refractivity (Wildman–Crippen MR) is 65.4 cm³/mol. The van der Waals surface area contributed by atoms with Gasteiger partial charge >= 0.3 is 0 Å². The lowest BCUT2D eigenvalue weighted by molar-refractivity contribution is 0.397. The quantitative estimate of drug-likeness (QED) is 0.823. The van der Waals surface area contributed by atoms with E-state index in [0.717, 1.165) is 12.8 Å². The molecular formula is C12H17N5. The monoisotopic (exact) mass is 231 g/mol. The highest BCUT2D eigenvalue weighted by molar-refractivity contribution is 5.51. The molecule has 0 spiro atoms. The summed E-state index contributed by atoms with van der Waals surface area (Å²) in [6.07, 6.45) is 6.53. The van der Waals surface area contributed by atoms with Crippen molar-refractivity contribution in [2.45, 2.75) is 38.3 Å². The van der Waals surface area contributed by atoms with Crippen LogP contribution in [0.15, 0.2) is 12.4 Å². The van der Waals surface area contributed by atoms with Gasteiger partial charge in [0.25, 0.3) is 0 Å². The van der Waals surface area contributed by atoms with E-state index in [1.165, 1.54) is 6.42 Å². The number of aromatic nitrogens is 2. The molecule has 90 valence electrons. The Kier molecular flexibility index (Phi) is 3.55. The van der Waals surface area contributed by atoms with E-state index < -0.39 is 0 Å². The molecule has 2 unspecified atom stereocenters. The highest BCUT2D eigenvalue weighted by Gasteiger charge is 2.29. The lowest BCUT2D eigenvalue weighted by Crippen LogP contribution is -2.49. The second-order valence-electron chi connectivity index (χ2n) is 4.42. The first kappa shape index (κ1) is 11.8. The van der Waals surface area contributed by atoms with Crippen molar-refractivity contribution in [3.8, 4) is 6.07 Å². The molecule has 2 N–H and O–H groups in total. The maximum atomic E-state index is 9.08. The van der Waals surface area contributed by atoms with E-state index in [9.17, 15) is 0 Å². The zero-order valence-electron chi connectivity index (χ0n) is 10.0. The van der Waals surface area contributed by atoms with Gasteiger partial charge in [0.1, 0.15) is 6.07 Å². The first-order chi connectivity index (χ1) is 8.27. The second kappa shape index (κ2) is 5.11. The van der Waals surface area contributed by atoms with E-state index in [0.29, 0.717) is 24.1 Å². The topological polar surface area (TPSA) is 78.8 Å². The molecule has 1 fully saturated rings. The van der Waals surface area contributed by atoms with Crippen molar-refractivity contribution >= 4 is 5.82 Å². The van der Waals surface area contributed by atoms with E-state index in [4.69, 9.17) is 11.0 Å². The summed E-state index contributed by atoms with van der Waals surface area (Å²) in [4.78, 5) is 10.5. The van der Waals surface area contributed by atoms with Crippen LogP contribution in [0, 0.1) is 11.3 Å². The number of nitrogens with zero attached hydrogens (tertiary/aromatic N) is 4. The van der Waals surface area contributed by atoms with Gasteiger partial charge in [-0.3, -0.25) is 0 Å². The Morgan fingerprint density at radius 1 is 1.47 bits per heavy atom. The molecule has 5 nitrogen and oxygen atoms in total. The van der Waals surface area contributed by atoms with Crippen molar-refractivity contribution in [2.24, 2.45) is 5.73 Å². The molecule has 1 aliphatic rings. The van der Waals surface area contributed by atoms with Crippen LogP contribution in [0.1, 0.15) is 31.9 Å². The predicted octanol–water partition coefficient (Wildman–Crippen LogP) is 1.05. The summed E-state index contributed by atoms with van der Waals surface area (Å²) in [6, 6.07) is 2.73. The van der Waals surface area contributed by atoms with Crippen LogP contribution in [0.3, 0.4) is 0 Å². The molecule has 0 radical (unpaired) electrons. The Bertz CT molecular complexity index is 425. The maximum Gasteiger partial charge on any atom is 0.183 e. The fraction of sp³-hybridized carbons (Fsp3) is 0.583. The van der Waals surface area contributed by atoms with Crippen LogP contribution in [0.25, 0.3) is 0 Å². The smallest absolute Gasteiger partial charge is 0.183 e. The van der Waals surface area contributed by atoms with Gasteiger partial charge in [-0.1, -0.05) is 0 Å². The van der Waals surface area contributed by atoms with Crippen molar-refractivity contribution in [1.82, 2.24) is 9.97 Å². The van der Waals surface area contributed by atoms with E-state index in [2.05, 4.69) is 27.9 Å². The number of rotatable bonds is 2. The third-order valence-electron chi connectivity index (χ3n) is 3.33. The Balaban J connectivity index is 2.38. The van der Waals surface area contributed by atoms with Crippen molar-refractivity contribution in [2.75, 3.05) is 11.4 Å². The summed E-state index contributed by atoms with van der Waals surface area (Å²) in [7, 11) is 0. The van der Waals surface area contributed by atoms with Crippen LogP contribution < -0.4 is 10.6 Å². The van der Waals surface area contributed by atoms with Gasteiger partial charge in [-0.15, -0.1) is 0 Å². The van der Waals surface area contributed by atoms with Gasteiger partial charge in [0, 0.05) is 31.0 Å². The fourth-order valence-corrected chi connectivity index (χ4v) is 2.50. The molecule has 1 aliphatic heterocycles. The molecule has 0 saturated carbocycles. The average molecular weight is 231 g/mol. The lowest BCUT2D eigenvalue weighted by atomic mass is 9.96. The van der Waals surface area contributed by atoms with Crippen LogP contribution in [0.5, 0.6) is 0 Å². The zero-order valence-corrected chi connectivity index (χ0v) is 10.0. The molecule has 2 atom stereocenters. The molecule has 1 aromatic heterocycles. The van der Waals surface area contributed by atoms with E-state index in [-0.39, 0.29) is 6.04 Å². The molecule has 1 aromatic rings. The molecule has 2 heterocycles. The highest BCUT2D eigenvalue weighted by Crippen LogP contribution is 2.28. The molecule has 2 rings (SSSR count). The molecule has 1 saturated heterocycles.